The molecule has 0 atom stereocenters. The molecule has 0 aromatic heterocycles. The normalized spacial score (nSPS) is 10.6. The van der Waals surface area contributed by atoms with Crippen molar-refractivity contribution < 1.29 is 19.4 Å². The lowest BCUT2D eigenvalue weighted by Gasteiger charge is -2.10. The van der Waals surface area contributed by atoms with E-state index in [0.717, 1.165) is 18.4 Å². The number of unbranched alkanes of at least 4 members (excludes halogenated alkanes) is 1. The number of carboxylic acid groups (broad SMARTS) is 1. The van der Waals surface area contributed by atoms with Crippen molar-refractivity contribution in [1.82, 2.24) is 0 Å². The van der Waals surface area contributed by atoms with Crippen molar-refractivity contribution in [3.8, 4) is 11.5 Å². The summed E-state index contributed by atoms with van der Waals surface area (Å²) in [4.78, 5) is 10.8. The Morgan fingerprint density at radius 1 is 1.20 bits per heavy atom. The minimum Gasteiger partial charge on any atom is -0.493 e. The predicted molar refractivity (Wildman–Crippen MR) is 98.0 cm³/mol. The minimum absolute atomic E-state index is 0.234. The third kappa shape index (κ3) is 5.53. The third-order valence-corrected chi connectivity index (χ3v) is 3.48. The standard InChI is InChI=1S/C19H22N2O4/c1-3-4-11-25-17-10-5-14(12-18(17)24-2)13-20-21-16-8-6-15(7-9-16)19(22)23/h5-10,12-13,21H,3-4,11H2,1-2H3,(H,22,23)/b20-13+. The molecule has 0 amide bonds. The van der Waals surface area contributed by atoms with E-state index in [-0.39, 0.29) is 5.56 Å². The van der Waals surface area contributed by atoms with Crippen LogP contribution in [0.5, 0.6) is 11.5 Å². The lowest BCUT2D eigenvalue weighted by Crippen LogP contribution is -1.99. The molecule has 6 nitrogen and oxygen atoms in total. The van der Waals surface area contributed by atoms with Gasteiger partial charge in [-0.1, -0.05) is 13.3 Å². The maximum atomic E-state index is 10.8. The molecule has 0 radical (unpaired) electrons. The van der Waals surface area contributed by atoms with Gasteiger partial charge in [-0.25, -0.2) is 4.79 Å². The SMILES string of the molecule is CCCCOc1ccc(/C=N/Nc2ccc(C(=O)O)cc2)cc1OC. The average molecular weight is 342 g/mol. The number of carbonyl (C=O) groups is 1. The van der Waals surface area contributed by atoms with Crippen molar-refractivity contribution in [3.63, 3.8) is 0 Å². The Hall–Kier alpha value is -3.02. The highest BCUT2D eigenvalue weighted by Gasteiger charge is 2.05. The maximum absolute atomic E-state index is 10.8. The molecule has 2 aromatic rings. The molecule has 132 valence electrons. The fraction of sp³-hybridized carbons (Fsp3) is 0.263. The molecule has 6 heteroatoms. The lowest BCUT2D eigenvalue weighted by atomic mass is 10.2. The van der Waals surface area contributed by atoms with Crippen LogP contribution in [0.25, 0.3) is 0 Å². The van der Waals surface area contributed by atoms with Gasteiger partial charge < -0.3 is 14.6 Å². The van der Waals surface area contributed by atoms with E-state index in [4.69, 9.17) is 14.6 Å². The zero-order valence-corrected chi connectivity index (χ0v) is 14.4. The van der Waals surface area contributed by atoms with E-state index in [2.05, 4.69) is 17.5 Å². The van der Waals surface area contributed by atoms with Crippen LogP contribution in [0.2, 0.25) is 0 Å². The van der Waals surface area contributed by atoms with Gasteiger partial charge in [-0.3, -0.25) is 5.43 Å². The molecule has 0 aliphatic heterocycles. The smallest absolute Gasteiger partial charge is 0.335 e. The van der Waals surface area contributed by atoms with E-state index in [1.54, 1.807) is 25.5 Å². The number of hydrogen-bond acceptors (Lipinski definition) is 5. The average Bonchev–Trinajstić information content (AvgIpc) is 2.63. The number of anilines is 1. The molecule has 0 fully saturated rings. The number of benzene rings is 2. The monoisotopic (exact) mass is 342 g/mol. The van der Waals surface area contributed by atoms with Gasteiger partial charge in [0.2, 0.25) is 0 Å². The number of ether oxygens (including phenoxy) is 2. The first-order chi connectivity index (χ1) is 12.1. The molecule has 0 spiro atoms. The van der Waals surface area contributed by atoms with E-state index < -0.39 is 5.97 Å². The predicted octanol–water partition coefficient (Wildman–Crippen LogP) is 4.02. The summed E-state index contributed by atoms with van der Waals surface area (Å²) in [6.45, 7) is 2.77. The Labute approximate surface area is 147 Å². The van der Waals surface area contributed by atoms with Crippen molar-refractivity contribution in [2.24, 2.45) is 5.10 Å². The van der Waals surface area contributed by atoms with Gasteiger partial charge in [0.1, 0.15) is 0 Å². The van der Waals surface area contributed by atoms with E-state index in [0.29, 0.717) is 23.8 Å². The maximum Gasteiger partial charge on any atom is 0.335 e. The Bertz CT molecular complexity index is 727. The van der Waals surface area contributed by atoms with Crippen molar-refractivity contribution >= 4 is 17.9 Å². The molecule has 0 aliphatic rings. The van der Waals surface area contributed by atoms with Gasteiger partial charge in [-0.05, 0) is 54.4 Å². The van der Waals surface area contributed by atoms with Crippen molar-refractivity contribution in [2.45, 2.75) is 19.8 Å². The van der Waals surface area contributed by atoms with E-state index in [1.807, 2.05) is 18.2 Å². The van der Waals surface area contributed by atoms with Gasteiger partial charge in [0, 0.05) is 0 Å². The molecule has 0 bridgehead atoms. The summed E-state index contributed by atoms with van der Waals surface area (Å²) in [7, 11) is 1.60. The second kappa shape index (κ2) is 9.32. The number of hydrazone groups is 1. The molecular weight excluding hydrogens is 320 g/mol. The molecule has 2 rings (SSSR count). The number of aromatic carboxylic acids is 1. The zero-order valence-electron chi connectivity index (χ0n) is 14.4. The van der Waals surface area contributed by atoms with Gasteiger partial charge in [-0.2, -0.15) is 5.10 Å². The van der Waals surface area contributed by atoms with Gasteiger partial charge in [0.25, 0.3) is 0 Å². The second-order valence-corrected chi connectivity index (χ2v) is 5.36. The van der Waals surface area contributed by atoms with Crippen molar-refractivity contribution in [3.05, 3.63) is 53.6 Å². The number of nitrogens with one attached hydrogen (secondary N) is 1. The Morgan fingerprint density at radius 2 is 1.96 bits per heavy atom. The quantitative estimate of drug-likeness (QED) is 0.409. The zero-order chi connectivity index (χ0) is 18.1. The minimum atomic E-state index is -0.955. The lowest BCUT2D eigenvalue weighted by molar-refractivity contribution is 0.0697. The van der Waals surface area contributed by atoms with Crippen molar-refractivity contribution in [2.75, 3.05) is 19.1 Å². The van der Waals surface area contributed by atoms with Gasteiger partial charge in [0.15, 0.2) is 11.5 Å². The summed E-state index contributed by atoms with van der Waals surface area (Å²) in [5, 5.41) is 13.0. The molecule has 0 heterocycles. The van der Waals surface area contributed by atoms with Gasteiger partial charge >= 0.3 is 5.97 Å². The van der Waals surface area contributed by atoms with Gasteiger partial charge in [-0.15, -0.1) is 0 Å². The highest BCUT2D eigenvalue weighted by Crippen LogP contribution is 2.27. The Balaban J connectivity index is 1.99. The molecule has 0 unspecified atom stereocenters. The topological polar surface area (TPSA) is 80.2 Å². The fourth-order valence-electron chi connectivity index (χ4n) is 2.08. The van der Waals surface area contributed by atoms with Crippen LogP contribution in [0.3, 0.4) is 0 Å². The second-order valence-electron chi connectivity index (χ2n) is 5.36. The summed E-state index contributed by atoms with van der Waals surface area (Å²) >= 11 is 0. The molecule has 2 N–H and O–H groups in total. The van der Waals surface area contributed by atoms with Crippen LogP contribution in [0.4, 0.5) is 5.69 Å². The number of nitrogens with zero attached hydrogens (tertiary/aromatic N) is 1. The van der Waals surface area contributed by atoms with E-state index in [1.165, 1.54) is 12.1 Å². The number of hydrogen-bond donors (Lipinski definition) is 2. The first-order valence-corrected chi connectivity index (χ1v) is 8.07. The third-order valence-electron chi connectivity index (χ3n) is 3.48. The van der Waals surface area contributed by atoms with Crippen LogP contribution in [-0.2, 0) is 0 Å². The van der Waals surface area contributed by atoms with Crippen LogP contribution >= 0.6 is 0 Å². The van der Waals surface area contributed by atoms with Crippen LogP contribution in [0.1, 0.15) is 35.7 Å². The fourth-order valence-corrected chi connectivity index (χ4v) is 2.08. The largest absolute Gasteiger partial charge is 0.493 e. The number of rotatable bonds is 9. The first kappa shape index (κ1) is 18.3. The molecular formula is C19H22N2O4. The summed E-state index contributed by atoms with van der Waals surface area (Å²) in [6.07, 6.45) is 3.73. The van der Waals surface area contributed by atoms with Gasteiger partial charge in [0.05, 0.1) is 31.2 Å². The van der Waals surface area contributed by atoms with E-state index >= 15 is 0 Å². The Morgan fingerprint density at radius 3 is 2.60 bits per heavy atom. The molecule has 2 aromatic carbocycles. The van der Waals surface area contributed by atoms with Crippen LogP contribution in [0, 0.1) is 0 Å². The van der Waals surface area contributed by atoms with Crippen LogP contribution in [0.15, 0.2) is 47.6 Å². The summed E-state index contributed by atoms with van der Waals surface area (Å²) in [5.41, 5.74) is 4.65. The molecule has 0 aliphatic carbocycles. The highest BCUT2D eigenvalue weighted by atomic mass is 16.5. The molecule has 0 saturated heterocycles. The Kier molecular flexibility index (Phi) is 6.83. The summed E-state index contributed by atoms with van der Waals surface area (Å²) < 4.78 is 11.0. The van der Waals surface area contributed by atoms with Crippen LogP contribution in [-0.4, -0.2) is 31.0 Å². The summed E-state index contributed by atoms with van der Waals surface area (Å²) in [5.74, 6) is 0.416. The van der Waals surface area contributed by atoms with Crippen LogP contribution < -0.4 is 14.9 Å². The number of methoxy groups -OCH3 is 1. The van der Waals surface area contributed by atoms with Crippen molar-refractivity contribution in [1.29, 1.82) is 0 Å². The first-order valence-electron chi connectivity index (χ1n) is 8.07. The molecule has 25 heavy (non-hydrogen) atoms. The molecule has 0 saturated carbocycles. The van der Waals surface area contributed by atoms with E-state index in [9.17, 15) is 4.79 Å². The summed E-state index contributed by atoms with van der Waals surface area (Å²) in [6, 6.07) is 12.0. The highest BCUT2D eigenvalue weighted by molar-refractivity contribution is 5.88. The number of carboxylic acids is 1.